The van der Waals surface area contributed by atoms with Gasteiger partial charge in [0, 0.05) is 53.8 Å². The van der Waals surface area contributed by atoms with Crippen molar-refractivity contribution in [1.29, 1.82) is 0 Å². The molecular weight excluding hydrogens is 686 g/mol. The van der Waals surface area contributed by atoms with E-state index in [2.05, 4.69) is 50.6 Å². The standard InChI is InChI=1S/C42H63N5O7/c1-23(2)14-32(21-46(8)9)44-40(51)29-15-28(16-31(17-29)43-26(5)50)33-13-11-12-27(39(33)53-10)20-47-38(37(25(4)49)36(22-48)54-47)41(52)45-35-19-30-18-34(24(35)3)42(30,6)7/h11-13,15-17,23-25,30,32,34-38,48-49H,14,18-22H2,1-10H3,(H,43,50)(H,44,51)(H,45,52)/t24-,25-,30-,32-,34+,35-,36-,37+,38-/m0/s1. The van der Waals surface area contributed by atoms with Gasteiger partial charge in [-0.15, -0.1) is 0 Å². The number of ether oxygens (including phenoxy) is 1. The molecule has 6 rings (SSSR count). The Hall–Kier alpha value is -3.55. The van der Waals surface area contributed by atoms with Crippen molar-refractivity contribution in [2.24, 2.45) is 35.0 Å². The third kappa shape index (κ3) is 8.94. The molecule has 298 valence electrons. The summed E-state index contributed by atoms with van der Waals surface area (Å²) in [6.45, 7) is 14.6. The number of rotatable bonds is 15. The lowest BCUT2D eigenvalue weighted by atomic mass is 9.45. The van der Waals surface area contributed by atoms with E-state index in [9.17, 15) is 24.6 Å². The second-order valence-electron chi connectivity index (χ2n) is 17.3. The highest BCUT2D eigenvalue weighted by Crippen LogP contribution is 2.61. The van der Waals surface area contributed by atoms with Gasteiger partial charge >= 0.3 is 0 Å². The smallest absolute Gasteiger partial charge is 0.251 e. The van der Waals surface area contributed by atoms with Crippen LogP contribution in [0.4, 0.5) is 5.69 Å². The maximum Gasteiger partial charge on any atom is 0.251 e. The molecule has 5 N–H and O–H groups in total. The van der Waals surface area contributed by atoms with E-state index < -0.39 is 24.2 Å². The summed E-state index contributed by atoms with van der Waals surface area (Å²) in [7, 11) is 5.52. The number of methoxy groups -OCH3 is 1. The second-order valence-corrected chi connectivity index (χ2v) is 17.3. The van der Waals surface area contributed by atoms with Crippen molar-refractivity contribution in [2.75, 3.05) is 39.7 Å². The highest BCUT2D eigenvalue weighted by Gasteiger charge is 2.57. The predicted molar refractivity (Wildman–Crippen MR) is 210 cm³/mol. The molecular formula is C42H63N5O7. The number of amides is 3. The summed E-state index contributed by atoms with van der Waals surface area (Å²) in [6, 6.07) is 9.96. The van der Waals surface area contributed by atoms with Crippen molar-refractivity contribution in [3.63, 3.8) is 0 Å². The van der Waals surface area contributed by atoms with E-state index in [0.29, 0.717) is 63.9 Å². The summed E-state index contributed by atoms with van der Waals surface area (Å²) in [5.41, 5.74) is 3.14. The van der Waals surface area contributed by atoms with Gasteiger partial charge in [0.05, 0.1) is 26.4 Å². The zero-order valence-electron chi connectivity index (χ0n) is 33.8. The molecule has 2 aromatic carbocycles. The van der Waals surface area contributed by atoms with E-state index in [1.54, 1.807) is 37.3 Å². The SMILES string of the molecule is COc1c(CN2O[C@@H](CO)[C@@H]([C@H](C)O)[C@H]2C(=O)N[C@H]2C[C@@H]3C[C@H]([C@@H]2C)C3(C)C)cccc1-c1cc(NC(C)=O)cc(C(=O)N[C@@H](CC(C)C)CN(C)C)c1. The molecule has 2 bridgehead atoms. The van der Waals surface area contributed by atoms with Crippen LogP contribution in [-0.2, 0) is 21.0 Å². The summed E-state index contributed by atoms with van der Waals surface area (Å²) in [5, 5.41) is 32.2. The number of benzene rings is 2. The van der Waals surface area contributed by atoms with Crippen LogP contribution in [0.5, 0.6) is 5.75 Å². The van der Waals surface area contributed by atoms with Crippen LogP contribution in [0.15, 0.2) is 36.4 Å². The molecule has 0 unspecified atom stereocenters. The second kappa shape index (κ2) is 17.1. The zero-order chi connectivity index (χ0) is 39.6. The predicted octanol–water partition coefficient (Wildman–Crippen LogP) is 4.69. The molecule has 1 heterocycles. The molecule has 0 radical (unpaired) electrons. The maximum atomic E-state index is 14.3. The fourth-order valence-electron chi connectivity index (χ4n) is 9.48. The first-order chi connectivity index (χ1) is 25.4. The molecule has 12 heteroatoms. The van der Waals surface area contributed by atoms with Gasteiger partial charge in [-0.3, -0.25) is 19.2 Å². The van der Waals surface area contributed by atoms with Crippen LogP contribution in [0, 0.1) is 35.0 Å². The average Bonchev–Trinajstić information content (AvgIpc) is 3.46. The third-order valence-corrected chi connectivity index (χ3v) is 12.2. The molecule has 0 spiro atoms. The lowest BCUT2D eigenvalue weighted by Gasteiger charge is -2.62. The Balaban J connectivity index is 1.46. The quantitative estimate of drug-likeness (QED) is 0.175. The number of nitrogens with zero attached hydrogens (tertiary/aromatic N) is 2. The fraction of sp³-hybridized carbons (Fsp3) is 0.643. The average molecular weight is 750 g/mol. The van der Waals surface area contributed by atoms with Crippen molar-refractivity contribution in [3.05, 3.63) is 47.5 Å². The van der Waals surface area contributed by atoms with Gasteiger partial charge in [0.2, 0.25) is 11.8 Å². The molecule has 12 nitrogen and oxygen atoms in total. The van der Waals surface area contributed by atoms with Gasteiger partial charge in [-0.25, -0.2) is 0 Å². The Kier molecular flexibility index (Phi) is 13.2. The lowest BCUT2D eigenvalue weighted by molar-refractivity contribution is -0.183. The molecule has 54 heavy (non-hydrogen) atoms. The third-order valence-electron chi connectivity index (χ3n) is 12.2. The number of para-hydroxylation sites is 1. The monoisotopic (exact) mass is 749 g/mol. The molecule has 3 amide bonds. The largest absolute Gasteiger partial charge is 0.496 e. The number of carbonyl (C=O) groups is 3. The van der Waals surface area contributed by atoms with Crippen molar-refractivity contribution in [1.82, 2.24) is 20.6 Å². The minimum absolute atomic E-state index is 0.0163. The number of aliphatic hydroxyl groups is 2. The highest BCUT2D eigenvalue weighted by atomic mass is 16.7. The summed E-state index contributed by atoms with van der Waals surface area (Å²) in [4.78, 5) is 48.5. The number of nitrogens with one attached hydrogen (secondary N) is 3. The number of hydroxylamine groups is 2. The van der Waals surface area contributed by atoms with E-state index in [1.807, 2.05) is 37.2 Å². The first kappa shape index (κ1) is 41.6. The summed E-state index contributed by atoms with van der Waals surface area (Å²) in [5.74, 6) is 0.870. The van der Waals surface area contributed by atoms with Crippen LogP contribution >= 0.6 is 0 Å². The number of carbonyl (C=O) groups excluding carboxylic acids is 3. The number of hydrogen-bond donors (Lipinski definition) is 5. The molecule has 3 saturated carbocycles. The lowest BCUT2D eigenvalue weighted by Crippen LogP contribution is -2.62. The van der Waals surface area contributed by atoms with Gasteiger partial charge in [-0.05, 0) is 93.1 Å². The number of aliphatic hydroxyl groups excluding tert-OH is 2. The van der Waals surface area contributed by atoms with Crippen molar-refractivity contribution in [2.45, 2.75) is 105 Å². The molecule has 1 saturated heterocycles. The van der Waals surface area contributed by atoms with Crippen LogP contribution < -0.4 is 20.7 Å². The Morgan fingerprint density at radius 1 is 1.11 bits per heavy atom. The Morgan fingerprint density at radius 2 is 1.83 bits per heavy atom. The number of anilines is 1. The van der Waals surface area contributed by atoms with Gasteiger partial charge in [0.25, 0.3) is 5.91 Å². The number of hydrogen-bond acceptors (Lipinski definition) is 9. The topological polar surface area (TPSA) is 153 Å². The molecule has 1 aliphatic heterocycles. The molecule has 3 aliphatic carbocycles. The van der Waals surface area contributed by atoms with E-state index in [1.165, 1.54) is 13.3 Å². The minimum Gasteiger partial charge on any atom is -0.496 e. The molecule has 2 aromatic rings. The summed E-state index contributed by atoms with van der Waals surface area (Å²) >= 11 is 0. The van der Waals surface area contributed by atoms with Crippen molar-refractivity contribution >= 4 is 23.4 Å². The van der Waals surface area contributed by atoms with Crippen LogP contribution in [-0.4, -0.2) is 103 Å². The van der Waals surface area contributed by atoms with E-state index in [-0.39, 0.29) is 48.4 Å². The minimum atomic E-state index is -0.925. The van der Waals surface area contributed by atoms with Crippen LogP contribution in [0.1, 0.15) is 83.7 Å². The number of likely N-dealkylation sites (N-methyl/N-ethyl adjacent to an activating group) is 1. The van der Waals surface area contributed by atoms with E-state index in [4.69, 9.17) is 9.57 Å². The molecule has 4 aliphatic rings. The van der Waals surface area contributed by atoms with Crippen LogP contribution in [0.25, 0.3) is 11.1 Å². The first-order valence-corrected chi connectivity index (χ1v) is 19.5. The normalized spacial score (nSPS) is 27.3. The highest BCUT2D eigenvalue weighted by molar-refractivity contribution is 5.99. The van der Waals surface area contributed by atoms with Gasteiger partial charge < -0.3 is 35.8 Å². The van der Waals surface area contributed by atoms with Gasteiger partial charge in [0.15, 0.2) is 0 Å². The van der Waals surface area contributed by atoms with Gasteiger partial charge in [-0.2, -0.15) is 5.06 Å². The van der Waals surface area contributed by atoms with Gasteiger partial charge in [-0.1, -0.05) is 52.8 Å². The number of fused-ring (bicyclic) bond motifs is 2. The fourth-order valence-corrected chi connectivity index (χ4v) is 9.48. The van der Waals surface area contributed by atoms with Crippen LogP contribution in [0.2, 0.25) is 0 Å². The maximum absolute atomic E-state index is 14.3. The van der Waals surface area contributed by atoms with E-state index in [0.717, 1.165) is 12.8 Å². The van der Waals surface area contributed by atoms with Gasteiger partial charge in [0.1, 0.15) is 17.9 Å². The van der Waals surface area contributed by atoms with Crippen molar-refractivity contribution < 1.29 is 34.2 Å². The molecule has 4 fully saturated rings. The summed E-state index contributed by atoms with van der Waals surface area (Å²) < 4.78 is 6.03. The Morgan fingerprint density at radius 3 is 2.41 bits per heavy atom. The molecule has 0 aromatic heterocycles. The van der Waals surface area contributed by atoms with E-state index >= 15 is 0 Å². The zero-order valence-corrected chi connectivity index (χ0v) is 33.8. The first-order valence-electron chi connectivity index (χ1n) is 19.5. The van der Waals surface area contributed by atoms with Crippen LogP contribution in [0.3, 0.4) is 0 Å². The Bertz CT molecular complexity index is 1650. The Labute approximate surface area is 321 Å². The van der Waals surface area contributed by atoms with Crippen molar-refractivity contribution in [3.8, 4) is 16.9 Å². The molecule has 9 atom stereocenters. The summed E-state index contributed by atoms with van der Waals surface area (Å²) in [6.07, 6.45) is 1.20.